The SMILES string of the molecule is CC1OCCN(C(=O)[C@H]2CCN[C@@H](C)C2)C1C.Cl. The lowest BCUT2D eigenvalue weighted by Crippen LogP contribution is -2.54. The highest BCUT2D eigenvalue weighted by Crippen LogP contribution is 2.22. The summed E-state index contributed by atoms with van der Waals surface area (Å²) in [7, 11) is 0. The van der Waals surface area contributed by atoms with Crippen molar-refractivity contribution in [3.63, 3.8) is 0 Å². The molecule has 0 aromatic carbocycles. The average molecular weight is 277 g/mol. The molecule has 2 saturated heterocycles. The van der Waals surface area contributed by atoms with E-state index < -0.39 is 0 Å². The molecule has 0 aromatic heterocycles. The Kier molecular flexibility index (Phi) is 5.89. The minimum atomic E-state index is 0. The van der Waals surface area contributed by atoms with Crippen molar-refractivity contribution in [2.75, 3.05) is 19.7 Å². The van der Waals surface area contributed by atoms with Crippen LogP contribution in [0.1, 0.15) is 33.6 Å². The lowest BCUT2D eigenvalue weighted by molar-refractivity contribution is -0.149. The van der Waals surface area contributed by atoms with Crippen LogP contribution in [0.25, 0.3) is 0 Å². The number of nitrogens with zero attached hydrogens (tertiary/aromatic N) is 1. The van der Waals surface area contributed by atoms with Crippen LogP contribution in [0.15, 0.2) is 0 Å². The number of amides is 1. The number of nitrogens with one attached hydrogen (secondary N) is 1. The van der Waals surface area contributed by atoms with Crippen molar-refractivity contribution < 1.29 is 9.53 Å². The lowest BCUT2D eigenvalue weighted by Gasteiger charge is -2.40. The van der Waals surface area contributed by atoms with Crippen LogP contribution in [-0.2, 0) is 9.53 Å². The normalized spacial score (nSPS) is 36.9. The average Bonchev–Trinajstić information content (AvgIpc) is 2.32. The molecule has 0 spiro atoms. The number of halogens is 1. The van der Waals surface area contributed by atoms with Crippen LogP contribution in [0.4, 0.5) is 0 Å². The summed E-state index contributed by atoms with van der Waals surface area (Å²) in [4.78, 5) is 14.5. The Bertz CT molecular complexity index is 288. The van der Waals surface area contributed by atoms with Crippen molar-refractivity contribution in [1.82, 2.24) is 10.2 Å². The Hall–Kier alpha value is -0.320. The monoisotopic (exact) mass is 276 g/mol. The predicted molar refractivity (Wildman–Crippen MR) is 74.0 cm³/mol. The van der Waals surface area contributed by atoms with Crippen molar-refractivity contribution in [2.45, 2.75) is 51.8 Å². The van der Waals surface area contributed by atoms with Gasteiger partial charge >= 0.3 is 0 Å². The second-order valence-electron chi connectivity index (χ2n) is 5.42. The molecule has 2 rings (SSSR count). The molecular formula is C13H25ClN2O2. The standard InChI is InChI=1S/C13H24N2O2.ClH/c1-9-8-12(4-5-14-9)13(16)15-6-7-17-11(3)10(15)2;/h9-12,14H,4-8H2,1-3H3;1H/t9-,10?,11?,12-;/m0./s1. The second kappa shape index (κ2) is 6.73. The minimum Gasteiger partial charge on any atom is -0.375 e. The van der Waals surface area contributed by atoms with Gasteiger partial charge in [-0.25, -0.2) is 0 Å². The second-order valence-corrected chi connectivity index (χ2v) is 5.42. The summed E-state index contributed by atoms with van der Waals surface area (Å²) in [6.45, 7) is 8.69. The zero-order valence-corrected chi connectivity index (χ0v) is 12.3. The molecule has 18 heavy (non-hydrogen) atoms. The molecule has 0 radical (unpaired) electrons. The maximum atomic E-state index is 12.5. The Morgan fingerprint density at radius 1 is 1.33 bits per heavy atom. The number of rotatable bonds is 1. The van der Waals surface area contributed by atoms with Gasteiger partial charge in [0.1, 0.15) is 0 Å². The van der Waals surface area contributed by atoms with Gasteiger partial charge in [-0.3, -0.25) is 4.79 Å². The molecule has 2 aliphatic rings. The smallest absolute Gasteiger partial charge is 0.226 e. The van der Waals surface area contributed by atoms with Crippen LogP contribution in [0.5, 0.6) is 0 Å². The highest BCUT2D eigenvalue weighted by Gasteiger charge is 2.34. The van der Waals surface area contributed by atoms with Gasteiger partial charge in [-0.2, -0.15) is 0 Å². The number of hydrogen-bond acceptors (Lipinski definition) is 3. The van der Waals surface area contributed by atoms with Gasteiger partial charge in [0.05, 0.1) is 18.8 Å². The third kappa shape index (κ3) is 3.37. The molecule has 0 aliphatic carbocycles. The lowest BCUT2D eigenvalue weighted by atomic mass is 9.91. The molecule has 0 bridgehead atoms. The van der Waals surface area contributed by atoms with E-state index in [4.69, 9.17) is 4.74 Å². The summed E-state index contributed by atoms with van der Waals surface area (Å²) in [6, 6.07) is 0.674. The number of carbonyl (C=O) groups excluding carboxylic acids is 1. The molecule has 2 unspecified atom stereocenters. The molecule has 1 N–H and O–H groups in total. The number of ether oxygens (including phenoxy) is 1. The molecule has 4 nitrogen and oxygen atoms in total. The largest absolute Gasteiger partial charge is 0.375 e. The van der Waals surface area contributed by atoms with Crippen LogP contribution in [0.2, 0.25) is 0 Å². The maximum absolute atomic E-state index is 12.5. The minimum absolute atomic E-state index is 0. The number of carbonyl (C=O) groups is 1. The Morgan fingerprint density at radius 2 is 2.06 bits per heavy atom. The van der Waals surface area contributed by atoms with Crippen molar-refractivity contribution in [1.29, 1.82) is 0 Å². The molecule has 2 aliphatic heterocycles. The summed E-state index contributed by atoms with van der Waals surface area (Å²) in [5.74, 6) is 0.542. The Morgan fingerprint density at radius 3 is 2.72 bits per heavy atom. The van der Waals surface area contributed by atoms with Crippen LogP contribution in [-0.4, -0.2) is 48.7 Å². The molecule has 5 heteroatoms. The molecule has 2 fully saturated rings. The summed E-state index contributed by atoms with van der Waals surface area (Å²) in [5, 5.41) is 3.39. The van der Waals surface area contributed by atoms with Gasteiger partial charge in [0.2, 0.25) is 5.91 Å². The van der Waals surface area contributed by atoms with Crippen LogP contribution in [0, 0.1) is 5.92 Å². The Balaban J connectivity index is 0.00000162. The first-order valence-electron chi connectivity index (χ1n) is 6.75. The molecule has 4 atom stereocenters. The van der Waals surface area contributed by atoms with Crippen molar-refractivity contribution in [3.05, 3.63) is 0 Å². The maximum Gasteiger partial charge on any atom is 0.226 e. The van der Waals surface area contributed by atoms with E-state index >= 15 is 0 Å². The van der Waals surface area contributed by atoms with E-state index in [2.05, 4.69) is 26.1 Å². The summed E-state index contributed by atoms with van der Waals surface area (Å²) >= 11 is 0. The summed E-state index contributed by atoms with van der Waals surface area (Å²) < 4.78 is 5.57. The van der Waals surface area contributed by atoms with Crippen LogP contribution >= 0.6 is 12.4 Å². The zero-order chi connectivity index (χ0) is 12.4. The van der Waals surface area contributed by atoms with E-state index in [1.807, 2.05) is 4.90 Å². The zero-order valence-electron chi connectivity index (χ0n) is 11.5. The first kappa shape index (κ1) is 15.7. The fourth-order valence-electron chi connectivity index (χ4n) is 2.83. The number of hydrogen-bond donors (Lipinski definition) is 1. The van der Waals surface area contributed by atoms with E-state index in [9.17, 15) is 4.79 Å². The fourth-order valence-corrected chi connectivity index (χ4v) is 2.83. The van der Waals surface area contributed by atoms with Crippen molar-refractivity contribution in [3.8, 4) is 0 Å². The van der Waals surface area contributed by atoms with E-state index in [0.717, 1.165) is 25.9 Å². The van der Waals surface area contributed by atoms with Gasteiger partial charge in [-0.15, -0.1) is 12.4 Å². The van der Waals surface area contributed by atoms with Crippen LogP contribution in [0.3, 0.4) is 0 Å². The summed E-state index contributed by atoms with van der Waals surface area (Å²) in [5.41, 5.74) is 0. The van der Waals surface area contributed by atoms with E-state index in [-0.39, 0.29) is 30.5 Å². The first-order chi connectivity index (χ1) is 8.09. The molecule has 2 heterocycles. The molecule has 0 saturated carbocycles. The van der Waals surface area contributed by atoms with Gasteiger partial charge in [0, 0.05) is 18.5 Å². The number of piperidine rings is 1. The molecule has 0 aromatic rings. The van der Waals surface area contributed by atoms with Gasteiger partial charge in [-0.05, 0) is 40.2 Å². The van der Waals surface area contributed by atoms with Crippen LogP contribution < -0.4 is 5.32 Å². The van der Waals surface area contributed by atoms with Gasteiger partial charge < -0.3 is 15.0 Å². The van der Waals surface area contributed by atoms with E-state index in [1.165, 1.54) is 0 Å². The van der Waals surface area contributed by atoms with Gasteiger partial charge in [-0.1, -0.05) is 0 Å². The Labute approximate surface area is 116 Å². The van der Waals surface area contributed by atoms with Crippen molar-refractivity contribution in [2.24, 2.45) is 5.92 Å². The van der Waals surface area contributed by atoms with Crippen molar-refractivity contribution >= 4 is 18.3 Å². The van der Waals surface area contributed by atoms with Gasteiger partial charge in [0.25, 0.3) is 0 Å². The molecule has 1 amide bonds. The van der Waals surface area contributed by atoms with E-state index in [1.54, 1.807) is 0 Å². The quantitative estimate of drug-likeness (QED) is 0.788. The third-order valence-electron chi connectivity index (χ3n) is 4.14. The van der Waals surface area contributed by atoms with Gasteiger partial charge in [0.15, 0.2) is 0 Å². The first-order valence-corrected chi connectivity index (χ1v) is 6.75. The molecular weight excluding hydrogens is 252 g/mol. The number of morpholine rings is 1. The predicted octanol–water partition coefficient (Wildman–Crippen LogP) is 1.43. The van der Waals surface area contributed by atoms with E-state index in [0.29, 0.717) is 18.6 Å². The highest BCUT2D eigenvalue weighted by molar-refractivity contribution is 5.85. The third-order valence-corrected chi connectivity index (χ3v) is 4.14. The highest BCUT2D eigenvalue weighted by atomic mass is 35.5. The molecule has 106 valence electrons. The summed E-state index contributed by atoms with van der Waals surface area (Å²) in [6.07, 6.45) is 2.10. The topological polar surface area (TPSA) is 41.6 Å². The fraction of sp³-hybridized carbons (Fsp3) is 0.923.